The molecule has 0 bridgehead atoms. The molecule has 4 nitrogen and oxygen atoms in total. The van der Waals surface area contributed by atoms with Crippen molar-refractivity contribution < 1.29 is 4.79 Å². The summed E-state index contributed by atoms with van der Waals surface area (Å²) in [4.78, 5) is 18.5. The van der Waals surface area contributed by atoms with Crippen LogP contribution in [0.25, 0.3) is 0 Å². The van der Waals surface area contributed by atoms with E-state index in [0.29, 0.717) is 0 Å². The summed E-state index contributed by atoms with van der Waals surface area (Å²) in [5.41, 5.74) is 0. The van der Waals surface area contributed by atoms with Gasteiger partial charge >= 0.3 is 0 Å². The van der Waals surface area contributed by atoms with Gasteiger partial charge in [-0.05, 0) is 13.0 Å². The van der Waals surface area contributed by atoms with Gasteiger partial charge in [0.15, 0.2) is 17.5 Å². The molecule has 1 aromatic rings. The maximum Gasteiger partial charge on any atom is 0.164 e. The van der Waals surface area contributed by atoms with Crippen LogP contribution in [0.2, 0.25) is 0 Å². The minimum absolute atomic E-state index is 0.233. The molecule has 0 amide bonds. The summed E-state index contributed by atoms with van der Waals surface area (Å²) >= 11 is 0. The summed E-state index contributed by atoms with van der Waals surface area (Å²) in [6.45, 7) is 1.35. The van der Waals surface area contributed by atoms with E-state index < -0.39 is 5.92 Å². The first-order chi connectivity index (χ1) is 5.75. The third kappa shape index (κ3) is 1.64. The monoisotopic (exact) mass is 161 g/mol. The average molecular weight is 161 g/mol. The molecular formula is C8H7N3O. The van der Waals surface area contributed by atoms with Crippen molar-refractivity contribution >= 4 is 5.78 Å². The van der Waals surface area contributed by atoms with Crippen molar-refractivity contribution in [3.63, 3.8) is 0 Å². The Morgan fingerprint density at radius 1 is 1.58 bits per heavy atom. The fourth-order valence-corrected chi connectivity index (χ4v) is 0.790. The highest BCUT2D eigenvalue weighted by Crippen LogP contribution is 2.08. The molecule has 1 heterocycles. The second-order valence-electron chi connectivity index (χ2n) is 2.28. The number of Topliss-reactive ketones (excluding diaryl/α,β-unsaturated/α-hetero) is 1. The van der Waals surface area contributed by atoms with E-state index >= 15 is 0 Å². The molecule has 0 aromatic carbocycles. The quantitative estimate of drug-likeness (QED) is 0.639. The van der Waals surface area contributed by atoms with Gasteiger partial charge in [0.1, 0.15) is 0 Å². The van der Waals surface area contributed by atoms with E-state index in [1.807, 2.05) is 6.07 Å². The lowest BCUT2D eigenvalue weighted by Gasteiger charge is -2.00. The van der Waals surface area contributed by atoms with E-state index in [1.165, 1.54) is 19.3 Å². The molecule has 0 aliphatic carbocycles. The number of hydrogen-bond acceptors (Lipinski definition) is 4. The molecule has 0 aliphatic heterocycles. The zero-order valence-electron chi connectivity index (χ0n) is 6.56. The average Bonchev–Trinajstić information content (AvgIpc) is 2.07. The number of carbonyl (C=O) groups is 1. The molecule has 0 saturated heterocycles. The number of ketones is 1. The van der Waals surface area contributed by atoms with Crippen LogP contribution in [0.1, 0.15) is 18.7 Å². The van der Waals surface area contributed by atoms with Gasteiger partial charge in [-0.25, -0.2) is 9.97 Å². The summed E-state index contributed by atoms with van der Waals surface area (Å²) in [6.07, 6.45) is 3.02. The van der Waals surface area contributed by atoms with Gasteiger partial charge in [-0.3, -0.25) is 4.79 Å². The van der Waals surface area contributed by atoms with E-state index in [4.69, 9.17) is 5.26 Å². The van der Waals surface area contributed by atoms with Gasteiger partial charge < -0.3 is 0 Å². The Kier molecular flexibility index (Phi) is 2.49. The number of carbonyl (C=O) groups excluding carboxylic acids is 1. The van der Waals surface area contributed by atoms with Crippen LogP contribution in [-0.4, -0.2) is 15.8 Å². The van der Waals surface area contributed by atoms with Crippen LogP contribution < -0.4 is 0 Å². The number of nitrogens with zero attached hydrogens (tertiary/aromatic N) is 3. The van der Waals surface area contributed by atoms with Crippen molar-refractivity contribution in [2.45, 2.75) is 12.8 Å². The number of aromatic nitrogens is 2. The van der Waals surface area contributed by atoms with Crippen LogP contribution in [0.4, 0.5) is 0 Å². The van der Waals surface area contributed by atoms with Gasteiger partial charge in [-0.1, -0.05) is 0 Å². The fourth-order valence-electron chi connectivity index (χ4n) is 0.790. The van der Waals surface area contributed by atoms with Crippen molar-refractivity contribution in [1.82, 2.24) is 9.97 Å². The molecule has 60 valence electrons. The summed E-state index contributed by atoms with van der Waals surface area (Å²) in [5.74, 6) is -0.789. The Bertz CT molecular complexity index is 315. The molecule has 12 heavy (non-hydrogen) atoms. The van der Waals surface area contributed by atoms with Gasteiger partial charge in [0.05, 0.1) is 6.07 Å². The van der Waals surface area contributed by atoms with Gasteiger partial charge in [0, 0.05) is 12.4 Å². The third-order valence-corrected chi connectivity index (χ3v) is 1.38. The Morgan fingerprint density at radius 3 is 2.58 bits per heavy atom. The first-order valence-corrected chi connectivity index (χ1v) is 3.42. The molecule has 4 heteroatoms. The van der Waals surface area contributed by atoms with Crippen molar-refractivity contribution in [3.05, 3.63) is 24.3 Å². The fraction of sp³-hybridized carbons (Fsp3) is 0.250. The predicted molar refractivity (Wildman–Crippen MR) is 41.1 cm³/mol. The van der Waals surface area contributed by atoms with Crippen LogP contribution in [0.3, 0.4) is 0 Å². The Labute approximate surface area is 69.9 Å². The minimum Gasteiger partial charge on any atom is -0.298 e. The Morgan fingerprint density at radius 2 is 2.17 bits per heavy atom. The van der Waals surface area contributed by atoms with Crippen LogP contribution >= 0.6 is 0 Å². The molecule has 0 saturated carbocycles. The lowest BCUT2D eigenvalue weighted by atomic mass is 10.1. The number of hydrogen-bond donors (Lipinski definition) is 0. The topological polar surface area (TPSA) is 66.6 Å². The van der Waals surface area contributed by atoms with Gasteiger partial charge in [0.2, 0.25) is 0 Å². The SMILES string of the molecule is CC(=O)C(C#N)c1ncccn1. The van der Waals surface area contributed by atoms with Crippen LogP contribution in [-0.2, 0) is 4.79 Å². The van der Waals surface area contributed by atoms with Crippen molar-refractivity contribution in [2.75, 3.05) is 0 Å². The van der Waals surface area contributed by atoms with Crippen LogP contribution in [0.5, 0.6) is 0 Å². The second-order valence-corrected chi connectivity index (χ2v) is 2.28. The van der Waals surface area contributed by atoms with Crippen molar-refractivity contribution in [1.29, 1.82) is 5.26 Å². The molecule has 0 radical (unpaired) electrons. The summed E-state index contributed by atoms with van der Waals surface area (Å²) in [6, 6.07) is 3.48. The normalized spacial score (nSPS) is 11.7. The maximum absolute atomic E-state index is 10.9. The molecule has 0 N–H and O–H groups in total. The summed E-state index contributed by atoms with van der Waals surface area (Å²) < 4.78 is 0. The van der Waals surface area contributed by atoms with Crippen molar-refractivity contribution in [3.8, 4) is 6.07 Å². The number of rotatable bonds is 2. The second kappa shape index (κ2) is 3.58. The lowest BCUT2D eigenvalue weighted by Crippen LogP contribution is -2.09. The standard InChI is InChI=1S/C8H7N3O/c1-6(12)7(5-9)8-10-3-2-4-11-8/h2-4,7H,1H3. The molecule has 1 atom stereocenters. The minimum atomic E-state index is -0.828. The Balaban J connectivity index is 2.98. The van der Waals surface area contributed by atoms with E-state index in [2.05, 4.69) is 9.97 Å². The first-order valence-electron chi connectivity index (χ1n) is 3.42. The van der Waals surface area contributed by atoms with Gasteiger partial charge in [-0.15, -0.1) is 0 Å². The van der Waals surface area contributed by atoms with Crippen LogP contribution in [0.15, 0.2) is 18.5 Å². The highest BCUT2D eigenvalue weighted by atomic mass is 16.1. The number of nitriles is 1. The van der Waals surface area contributed by atoms with E-state index in [9.17, 15) is 4.79 Å². The molecule has 1 aromatic heterocycles. The molecule has 0 aliphatic rings. The highest BCUT2D eigenvalue weighted by Gasteiger charge is 2.17. The van der Waals surface area contributed by atoms with Crippen LogP contribution in [0, 0.1) is 11.3 Å². The molecular weight excluding hydrogens is 154 g/mol. The van der Waals surface area contributed by atoms with E-state index in [-0.39, 0.29) is 11.6 Å². The zero-order chi connectivity index (χ0) is 8.97. The highest BCUT2D eigenvalue weighted by molar-refractivity contribution is 5.85. The lowest BCUT2D eigenvalue weighted by molar-refractivity contribution is -0.117. The summed E-state index contributed by atoms with van der Waals surface area (Å²) in [7, 11) is 0. The molecule has 0 spiro atoms. The molecule has 1 rings (SSSR count). The largest absolute Gasteiger partial charge is 0.298 e. The van der Waals surface area contributed by atoms with Gasteiger partial charge in [0.25, 0.3) is 0 Å². The molecule has 0 fully saturated rings. The first kappa shape index (κ1) is 8.34. The Hall–Kier alpha value is -1.76. The van der Waals surface area contributed by atoms with Crippen molar-refractivity contribution in [2.24, 2.45) is 0 Å². The third-order valence-electron chi connectivity index (χ3n) is 1.38. The van der Waals surface area contributed by atoms with E-state index in [0.717, 1.165) is 0 Å². The smallest absolute Gasteiger partial charge is 0.164 e. The molecule has 1 unspecified atom stereocenters. The van der Waals surface area contributed by atoms with E-state index in [1.54, 1.807) is 6.07 Å². The summed E-state index contributed by atoms with van der Waals surface area (Å²) in [5, 5.41) is 8.60. The maximum atomic E-state index is 10.9. The van der Waals surface area contributed by atoms with Gasteiger partial charge in [-0.2, -0.15) is 5.26 Å². The zero-order valence-corrected chi connectivity index (χ0v) is 6.56. The predicted octanol–water partition coefficient (Wildman–Crippen LogP) is 0.673.